The van der Waals surface area contributed by atoms with Gasteiger partial charge in [0.25, 0.3) is 5.91 Å². The van der Waals surface area contributed by atoms with Crippen LogP contribution in [-0.4, -0.2) is 44.3 Å². The summed E-state index contributed by atoms with van der Waals surface area (Å²) in [5.74, 6) is -0.792. The molecule has 1 fully saturated rings. The Bertz CT molecular complexity index is 1080. The summed E-state index contributed by atoms with van der Waals surface area (Å²) >= 11 is 12.0. The number of ether oxygens (including phenoxy) is 1. The Morgan fingerprint density at radius 2 is 1.59 bits per heavy atom. The maximum Gasteiger partial charge on any atom is 0.338 e. The van der Waals surface area contributed by atoms with E-state index < -0.39 is 28.5 Å². The van der Waals surface area contributed by atoms with Crippen LogP contribution in [0.3, 0.4) is 0 Å². The van der Waals surface area contributed by atoms with Crippen LogP contribution in [0.15, 0.2) is 47.4 Å². The van der Waals surface area contributed by atoms with Gasteiger partial charge in [-0.15, -0.1) is 0 Å². The van der Waals surface area contributed by atoms with Crippen molar-refractivity contribution in [2.75, 3.05) is 25.0 Å². The van der Waals surface area contributed by atoms with Gasteiger partial charge in [0.15, 0.2) is 6.61 Å². The SMILES string of the molecule is C[C@@H]1C[C@@H](C)CN(S(=O)(=O)c2ccc(C(=O)OCC(=O)Nc3c(Cl)cccc3Cl)cc2)C1. The molecule has 1 N–H and O–H groups in total. The molecule has 7 nitrogen and oxygen atoms in total. The summed E-state index contributed by atoms with van der Waals surface area (Å²) in [4.78, 5) is 24.5. The van der Waals surface area contributed by atoms with Crippen molar-refractivity contribution < 1.29 is 22.7 Å². The number of amides is 1. The van der Waals surface area contributed by atoms with Gasteiger partial charge < -0.3 is 10.1 Å². The van der Waals surface area contributed by atoms with Crippen LogP contribution in [0.2, 0.25) is 10.0 Å². The summed E-state index contributed by atoms with van der Waals surface area (Å²) in [5, 5.41) is 3.00. The third-order valence-corrected chi connectivity index (χ3v) is 7.60. The van der Waals surface area contributed by atoms with Gasteiger partial charge in [0.05, 0.1) is 26.2 Å². The van der Waals surface area contributed by atoms with Crippen LogP contribution in [0.1, 0.15) is 30.6 Å². The van der Waals surface area contributed by atoms with Gasteiger partial charge in [0.2, 0.25) is 10.0 Å². The van der Waals surface area contributed by atoms with Crippen LogP contribution in [0, 0.1) is 11.8 Å². The topological polar surface area (TPSA) is 92.8 Å². The summed E-state index contributed by atoms with van der Waals surface area (Å²) in [6.07, 6.45) is 0.993. The molecule has 1 aliphatic heterocycles. The Balaban J connectivity index is 1.61. The number of hydrogen-bond acceptors (Lipinski definition) is 5. The number of piperidine rings is 1. The fourth-order valence-electron chi connectivity index (χ4n) is 3.72. The van der Waals surface area contributed by atoms with Gasteiger partial charge in [-0.2, -0.15) is 4.31 Å². The fraction of sp³-hybridized carbons (Fsp3) is 0.364. The first-order valence-electron chi connectivity index (χ1n) is 10.1. The number of nitrogens with one attached hydrogen (secondary N) is 1. The third kappa shape index (κ3) is 5.81. The zero-order valence-corrected chi connectivity index (χ0v) is 20.0. The van der Waals surface area contributed by atoms with E-state index in [2.05, 4.69) is 5.32 Å². The Hall–Kier alpha value is -2.13. The standard InChI is InChI=1S/C22H24Cl2N2O5S/c1-14-10-15(2)12-26(11-14)32(29,30)17-8-6-16(7-9-17)22(28)31-13-20(27)25-21-18(23)4-3-5-19(21)24/h3-9,14-15H,10-13H2,1-2H3,(H,25,27)/t14-,15-/m1/s1. The Morgan fingerprint density at radius 1 is 1.03 bits per heavy atom. The maximum atomic E-state index is 12.9. The van der Waals surface area contributed by atoms with Crippen LogP contribution in [0.25, 0.3) is 0 Å². The third-order valence-electron chi connectivity index (χ3n) is 5.12. The lowest BCUT2D eigenvalue weighted by atomic mass is 9.94. The van der Waals surface area contributed by atoms with Crippen LogP contribution in [-0.2, 0) is 19.6 Å². The van der Waals surface area contributed by atoms with E-state index in [-0.39, 0.29) is 38.0 Å². The molecule has 0 aromatic heterocycles. The molecule has 10 heteroatoms. The number of sulfonamides is 1. The molecule has 0 radical (unpaired) electrons. The van der Waals surface area contributed by atoms with Crippen molar-refractivity contribution >= 4 is 50.8 Å². The van der Waals surface area contributed by atoms with Crippen molar-refractivity contribution in [3.63, 3.8) is 0 Å². The number of benzene rings is 2. The van der Waals surface area contributed by atoms with Gasteiger partial charge in [0.1, 0.15) is 0 Å². The number of carbonyl (C=O) groups excluding carboxylic acids is 2. The van der Waals surface area contributed by atoms with Crippen molar-refractivity contribution in [2.24, 2.45) is 11.8 Å². The molecule has 32 heavy (non-hydrogen) atoms. The maximum absolute atomic E-state index is 12.9. The number of rotatable bonds is 6. The highest BCUT2D eigenvalue weighted by atomic mass is 35.5. The van der Waals surface area contributed by atoms with Crippen molar-refractivity contribution in [1.82, 2.24) is 4.31 Å². The van der Waals surface area contributed by atoms with Gasteiger partial charge in [-0.25, -0.2) is 13.2 Å². The van der Waals surface area contributed by atoms with Crippen molar-refractivity contribution in [2.45, 2.75) is 25.2 Å². The highest BCUT2D eigenvalue weighted by Gasteiger charge is 2.31. The normalized spacial score (nSPS) is 19.4. The van der Waals surface area contributed by atoms with Gasteiger partial charge in [-0.05, 0) is 54.7 Å². The van der Waals surface area contributed by atoms with E-state index in [1.165, 1.54) is 28.6 Å². The van der Waals surface area contributed by atoms with Crippen LogP contribution < -0.4 is 5.32 Å². The minimum absolute atomic E-state index is 0.112. The molecule has 0 saturated carbocycles. The highest BCUT2D eigenvalue weighted by Crippen LogP contribution is 2.30. The number of para-hydroxylation sites is 1. The first-order chi connectivity index (χ1) is 15.1. The second kappa shape index (κ2) is 10.2. The minimum atomic E-state index is -3.65. The van der Waals surface area contributed by atoms with E-state index in [1.54, 1.807) is 18.2 Å². The second-order valence-corrected chi connectivity index (χ2v) is 10.8. The molecular formula is C22H24Cl2N2O5S. The number of anilines is 1. The average molecular weight is 499 g/mol. The monoisotopic (exact) mass is 498 g/mol. The van der Waals surface area contributed by atoms with E-state index >= 15 is 0 Å². The van der Waals surface area contributed by atoms with Gasteiger partial charge in [-0.3, -0.25) is 4.79 Å². The van der Waals surface area contributed by atoms with Crippen LogP contribution in [0.4, 0.5) is 5.69 Å². The summed E-state index contributed by atoms with van der Waals surface area (Å²) in [6, 6.07) is 10.3. The number of esters is 1. The molecule has 0 spiro atoms. The van der Waals surface area contributed by atoms with E-state index in [4.69, 9.17) is 27.9 Å². The number of nitrogens with zero attached hydrogens (tertiary/aromatic N) is 1. The summed E-state index contributed by atoms with van der Waals surface area (Å²) in [7, 11) is -3.65. The van der Waals surface area contributed by atoms with E-state index in [9.17, 15) is 18.0 Å². The predicted molar refractivity (Wildman–Crippen MR) is 124 cm³/mol. The average Bonchev–Trinajstić information content (AvgIpc) is 2.74. The Kier molecular flexibility index (Phi) is 7.82. The van der Waals surface area contributed by atoms with Crippen LogP contribution >= 0.6 is 23.2 Å². The van der Waals surface area contributed by atoms with Gasteiger partial charge in [-0.1, -0.05) is 43.1 Å². The molecule has 1 amide bonds. The summed E-state index contributed by atoms with van der Waals surface area (Å²) < 4.78 is 32.4. The van der Waals surface area contributed by atoms with Crippen molar-refractivity contribution in [1.29, 1.82) is 0 Å². The van der Waals surface area contributed by atoms with Crippen molar-refractivity contribution in [3.05, 3.63) is 58.1 Å². The number of halogens is 2. The molecule has 172 valence electrons. The molecule has 0 unspecified atom stereocenters. The van der Waals surface area contributed by atoms with E-state index in [1.807, 2.05) is 13.8 Å². The zero-order chi connectivity index (χ0) is 23.5. The van der Waals surface area contributed by atoms with E-state index in [0.717, 1.165) is 6.42 Å². The van der Waals surface area contributed by atoms with Crippen molar-refractivity contribution in [3.8, 4) is 0 Å². The molecule has 1 heterocycles. The van der Waals surface area contributed by atoms with Crippen LogP contribution in [0.5, 0.6) is 0 Å². The summed E-state index contributed by atoms with van der Waals surface area (Å²) in [6.45, 7) is 4.46. The van der Waals surface area contributed by atoms with E-state index in [0.29, 0.717) is 13.1 Å². The highest BCUT2D eigenvalue weighted by molar-refractivity contribution is 7.89. The number of hydrogen-bond donors (Lipinski definition) is 1. The van der Waals surface area contributed by atoms with Gasteiger partial charge in [0, 0.05) is 13.1 Å². The Labute approximate surface area is 197 Å². The minimum Gasteiger partial charge on any atom is -0.452 e. The van der Waals surface area contributed by atoms with Gasteiger partial charge >= 0.3 is 5.97 Å². The molecule has 2 atom stereocenters. The molecule has 1 saturated heterocycles. The molecular weight excluding hydrogens is 475 g/mol. The first-order valence-corrected chi connectivity index (χ1v) is 12.3. The smallest absolute Gasteiger partial charge is 0.338 e. The molecule has 1 aliphatic rings. The molecule has 0 bridgehead atoms. The summed E-state index contributed by atoms with van der Waals surface area (Å²) in [5.41, 5.74) is 0.362. The molecule has 2 aromatic carbocycles. The predicted octanol–water partition coefficient (Wildman–Crippen LogP) is 4.46. The second-order valence-electron chi connectivity index (χ2n) is 8.01. The largest absolute Gasteiger partial charge is 0.452 e. The molecule has 3 rings (SSSR count). The fourth-order valence-corrected chi connectivity index (χ4v) is 5.89. The molecule has 2 aromatic rings. The zero-order valence-electron chi connectivity index (χ0n) is 17.7. The lowest BCUT2D eigenvalue weighted by molar-refractivity contribution is -0.119. The molecule has 0 aliphatic carbocycles. The lowest BCUT2D eigenvalue weighted by Gasteiger charge is -2.34. The quantitative estimate of drug-likeness (QED) is 0.593. The Morgan fingerprint density at radius 3 is 2.16 bits per heavy atom. The number of carbonyl (C=O) groups is 2. The lowest BCUT2D eigenvalue weighted by Crippen LogP contribution is -2.42. The first kappa shape index (κ1) is 24.5.